The van der Waals surface area contributed by atoms with Gasteiger partial charge in [-0.1, -0.05) is 0 Å². The first-order chi connectivity index (χ1) is 9.52. The van der Waals surface area contributed by atoms with Crippen molar-refractivity contribution in [3.8, 4) is 0 Å². The lowest BCUT2D eigenvalue weighted by Crippen LogP contribution is -2.29. The molecule has 0 unspecified atom stereocenters. The molecule has 104 valence electrons. The molecule has 2 aromatic rings. The number of hydrogen-bond acceptors (Lipinski definition) is 5. The number of carbonyl (C=O) groups excluding carboxylic acids is 1. The van der Waals surface area contributed by atoms with Crippen LogP contribution in [0.25, 0.3) is 10.9 Å². The number of aryl methyl sites for hydroxylation is 1. The molecule has 7 nitrogen and oxygen atoms in total. The van der Waals surface area contributed by atoms with E-state index < -0.39 is 4.92 Å². The first-order valence-corrected chi connectivity index (χ1v) is 6.07. The van der Waals surface area contributed by atoms with Gasteiger partial charge in [0, 0.05) is 36.3 Å². The Hall–Kier alpha value is -2.54. The van der Waals surface area contributed by atoms with E-state index in [4.69, 9.17) is 5.73 Å². The van der Waals surface area contributed by atoms with Gasteiger partial charge in [-0.2, -0.15) is 0 Å². The zero-order chi connectivity index (χ0) is 14.7. The van der Waals surface area contributed by atoms with E-state index in [1.807, 2.05) is 0 Å². The molecule has 1 amide bonds. The number of nitrogens with zero attached hydrogens (tertiary/aromatic N) is 2. The second-order valence-electron chi connectivity index (χ2n) is 4.31. The van der Waals surface area contributed by atoms with Gasteiger partial charge in [0.25, 0.3) is 11.6 Å². The summed E-state index contributed by atoms with van der Waals surface area (Å²) in [4.78, 5) is 26.7. The first-order valence-electron chi connectivity index (χ1n) is 6.07. The molecule has 0 aliphatic heterocycles. The summed E-state index contributed by atoms with van der Waals surface area (Å²) < 4.78 is 0. The largest absolute Gasteiger partial charge is 0.351 e. The van der Waals surface area contributed by atoms with E-state index in [-0.39, 0.29) is 11.6 Å². The molecule has 1 heterocycles. The molecule has 7 heteroatoms. The molecule has 0 bridgehead atoms. The lowest BCUT2D eigenvalue weighted by molar-refractivity contribution is -0.384. The predicted molar refractivity (Wildman–Crippen MR) is 74.5 cm³/mol. The van der Waals surface area contributed by atoms with Gasteiger partial charge in [0.15, 0.2) is 0 Å². The lowest BCUT2D eigenvalue weighted by Gasteiger charge is -2.08. The van der Waals surface area contributed by atoms with Crippen LogP contribution in [0.4, 0.5) is 5.69 Å². The fraction of sp³-hybridized carbons (Fsp3) is 0.231. The Bertz CT molecular complexity index is 685. The standard InChI is InChI=1S/C13H14N4O3/c1-8-6-11(13(18)15-5-4-14)10-7-9(17(19)20)2-3-12(10)16-8/h2-3,6-7H,4-5,14H2,1H3,(H,15,18). The topological polar surface area (TPSA) is 111 Å². The highest BCUT2D eigenvalue weighted by Gasteiger charge is 2.15. The normalized spacial score (nSPS) is 10.5. The molecule has 0 saturated carbocycles. The highest BCUT2D eigenvalue weighted by atomic mass is 16.6. The monoisotopic (exact) mass is 274 g/mol. The van der Waals surface area contributed by atoms with Crippen molar-refractivity contribution in [2.75, 3.05) is 13.1 Å². The van der Waals surface area contributed by atoms with Crippen LogP contribution in [0.15, 0.2) is 24.3 Å². The van der Waals surface area contributed by atoms with Crippen molar-refractivity contribution in [1.82, 2.24) is 10.3 Å². The molecule has 20 heavy (non-hydrogen) atoms. The van der Waals surface area contributed by atoms with Crippen LogP contribution in [-0.2, 0) is 0 Å². The highest BCUT2D eigenvalue weighted by Crippen LogP contribution is 2.23. The number of hydrogen-bond donors (Lipinski definition) is 2. The molecule has 0 aliphatic carbocycles. The van der Waals surface area contributed by atoms with Gasteiger partial charge in [-0.15, -0.1) is 0 Å². The number of nitro groups is 1. The maximum atomic E-state index is 12.1. The van der Waals surface area contributed by atoms with Gasteiger partial charge in [-0.25, -0.2) is 0 Å². The van der Waals surface area contributed by atoms with Crippen molar-refractivity contribution in [3.05, 3.63) is 45.6 Å². The fourth-order valence-electron chi connectivity index (χ4n) is 1.93. The quantitative estimate of drug-likeness (QED) is 0.641. The molecule has 0 atom stereocenters. The Morgan fingerprint density at radius 3 is 2.85 bits per heavy atom. The Labute approximate surface area is 114 Å². The van der Waals surface area contributed by atoms with E-state index in [1.165, 1.54) is 12.1 Å². The minimum absolute atomic E-state index is 0.0731. The van der Waals surface area contributed by atoms with Crippen LogP contribution in [0.2, 0.25) is 0 Å². The van der Waals surface area contributed by atoms with Crippen LogP contribution in [0, 0.1) is 17.0 Å². The van der Waals surface area contributed by atoms with E-state index in [2.05, 4.69) is 10.3 Å². The maximum absolute atomic E-state index is 12.1. The molecule has 0 radical (unpaired) electrons. The number of benzene rings is 1. The summed E-state index contributed by atoms with van der Waals surface area (Å²) in [5.41, 5.74) is 6.86. The van der Waals surface area contributed by atoms with Crippen LogP contribution >= 0.6 is 0 Å². The van der Waals surface area contributed by atoms with Crippen molar-refractivity contribution in [2.24, 2.45) is 5.73 Å². The van der Waals surface area contributed by atoms with Crippen LogP contribution < -0.4 is 11.1 Å². The van der Waals surface area contributed by atoms with Gasteiger partial charge in [0.1, 0.15) is 0 Å². The van der Waals surface area contributed by atoms with E-state index in [0.29, 0.717) is 35.2 Å². The summed E-state index contributed by atoms with van der Waals surface area (Å²) in [5.74, 6) is -0.313. The molecule has 2 rings (SSSR count). The zero-order valence-electron chi connectivity index (χ0n) is 10.9. The number of pyridine rings is 1. The van der Waals surface area contributed by atoms with Gasteiger partial charge in [0.05, 0.1) is 16.0 Å². The number of amides is 1. The van der Waals surface area contributed by atoms with Gasteiger partial charge in [0.2, 0.25) is 0 Å². The predicted octanol–water partition coefficient (Wildman–Crippen LogP) is 1.14. The second-order valence-corrected chi connectivity index (χ2v) is 4.31. The molecule has 1 aromatic heterocycles. The minimum Gasteiger partial charge on any atom is -0.351 e. The van der Waals surface area contributed by atoms with Crippen LogP contribution in [0.3, 0.4) is 0 Å². The molecule has 0 aliphatic rings. The fourth-order valence-corrected chi connectivity index (χ4v) is 1.93. The Morgan fingerprint density at radius 1 is 1.45 bits per heavy atom. The highest BCUT2D eigenvalue weighted by molar-refractivity contribution is 6.06. The van der Waals surface area contributed by atoms with E-state index in [0.717, 1.165) is 0 Å². The number of rotatable bonds is 4. The molecule has 0 fully saturated rings. The SMILES string of the molecule is Cc1cc(C(=O)NCCN)c2cc([N+](=O)[O-])ccc2n1. The molecule has 1 aromatic carbocycles. The third kappa shape index (κ3) is 2.72. The third-order valence-electron chi connectivity index (χ3n) is 2.81. The number of nitrogens with two attached hydrogens (primary N) is 1. The smallest absolute Gasteiger partial charge is 0.270 e. The van der Waals surface area contributed by atoms with Crippen molar-refractivity contribution < 1.29 is 9.72 Å². The number of fused-ring (bicyclic) bond motifs is 1. The van der Waals surface area contributed by atoms with Crippen molar-refractivity contribution in [2.45, 2.75) is 6.92 Å². The Kier molecular flexibility index (Phi) is 3.90. The summed E-state index contributed by atoms with van der Waals surface area (Å²) in [5, 5.41) is 13.9. The molecular weight excluding hydrogens is 260 g/mol. The number of non-ortho nitro benzene ring substituents is 1. The second kappa shape index (κ2) is 5.62. The van der Waals surface area contributed by atoms with Crippen molar-refractivity contribution >= 4 is 22.5 Å². The maximum Gasteiger partial charge on any atom is 0.270 e. The summed E-state index contributed by atoms with van der Waals surface area (Å²) in [6, 6.07) is 5.88. The Balaban J connectivity index is 2.58. The lowest BCUT2D eigenvalue weighted by atomic mass is 10.1. The summed E-state index contributed by atoms with van der Waals surface area (Å²) in [6.07, 6.45) is 0. The molecule has 0 spiro atoms. The van der Waals surface area contributed by atoms with Crippen LogP contribution in [0.5, 0.6) is 0 Å². The molecule has 0 saturated heterocycles. The van der Waals surface area contributed by atoms with Gasteiger partial charge >= 0.3 is 0 Å². The zero-order valence-corrected chi connectivity index (χ0v) is 10.9. The van der Waals surface area contributed by atoms with Crippen molar-refractivity contribution in [3.63, 3.8) is 0 Å². The van der Waals surface area contributed by atoms with E-state index in [1.54, 1.807) is 19.1 Å². The van der Waals surface area contributed by atoms with Crippen molar-refractivity contribution in [1.29, 1.82) is 0 Å². The van der Waals surface area contributed by atoms with Gasteiger partial charge in [-0.05, 0) is 19.1 Å². The third-order valence-corrected chi connectivity index (χ3v) is 2.81. The average Bonchev–Trinajstić information content (AvgIpc) is 2.43. The average molecular weight is 274 g/mol. The Morgan fingerprint density at radius 2 is 2.20 bits per heavy atom. The first kappa shape index (κ1) is 13.9. The van der Waals surface area contributed by atoms with Gasteiger partial charge < -0.3 is 11.1 Å². The van der Waals surface area contributed by atoms with E-state index >= 15 is 0 Å². The number of aromatic nitrogens is 1. The van der Waals surface area contributed by atoms with Crippen LogP contribution in [-0.4, -0.2) is 28.9 Å². The van der Waals surface area contributed by atoms with Crippen LogP contribution in [0.1, 0.15) is 16.1 Å². The summed E-state index contributed by atoms with van der Waals surface area (Å²) in [7, 11) is 0. The minimum atomic E-state index is -0.499. The number of nitro benzene ring substituents is 1. The molecular formula is C13H14N4O3. The van der Waals surface area contributed by atoms with Gasteiger partial charge in [-0.3, -0.25) is 19.9 Å². The molecule has 3 N–H and O–H groups in total. The summed E-state index contributed by atoms with van der Waals surface area (Å²) >= 11 is 0. The summed E-state index contributed by atoms with van der Waals surface area (Å²) in [6.45, 7) is 2.44. The number of carbonyl (C=O) groups is 1. The van der Waals surface area contributed by atoms with E-state index in [9.17, 15) is 14.9 Å². The number of nitrogens with one attached hydrogen (secondary N) is 1.